The molecule has 1 aliphatic heterocycles. The number of rotatable bonds is 6. The van der Waals surface area contributed by atoms with Crippen LogP contribution in [0.2, 0.25) is 5.02 Å². The molecule has 1 heterocycles. The van der Waals surface area contributed by atoms with Gasteiger partial charge in [-0.2, -0.15) is 0 Å². The maximum atomic E-state index is 14.0. The highest BCUT2D eigenvalue weighted by Gasteiger charge is 2.47. The Morgan fingerprint density at radius 2 is 1.90 bits per heavy atom. The molecule has 29 heavy (non-hydrogen) atoms. The van der Waals surface area contributed by atoms with E-state index in [9.17, 15) is 19.1 Å². The summed E-state index contributed by atoms with van der Waals surface area (Å²) in [5.74, 6) is -1.39. The van der Waals surface area contributed by atoms with Gasteiger partial charge in [0.25, 0.3) is 0 Å². The standard InChI is InChI=1S/C21H22ClFN2O4/c22-15-5-6-18(23)17(10-15)14-3-1-13(2-4-14)9-16(24)11-21(19(26)27)7-8-25(12-21)20(28)29/h1-6,10,16H,7-9,11-12,24H2,(H,26,27)(H,28,29). The molecule has 0 bridgehead atoms. The van der Waals surface area contributed by atoms with Gasteiger partial charge in [-0.25, -0.2) is 9.18 Å². The van der Waals surface area contributed by atoms with Crippen LogP contribution in [0.4, 0.5) is 9.18 Å². The minimum Gasteiger partial charge on any atom is -0.481 e. The number of carboxylic acid groups (broad SMARTS) is 2. The van der Waals surface area contributed by atoms with E-state index in [4.69, 9.17) is 22.4 Å². The molecule has 2 aromatic carbocycles. The number of carbonyl (C=O) groups is 2. The summed E-state index contributed by atoms with van der Waals surface area (Å²) in [7, 11) is 0. The summed E-state index contributed by atoms with van der Waals surface area (Å²) in [6.45, 7) is 0.132. The molecule has 0 radical (unpaired) electrons. The summed E-state index contributed by atoms with van der Waals surface area (Å²) >= 11 is 5.94. The second kappa shape index (κ2) is 8.39. The SMILES string of the molecule is NC(Cc1ccc(-c2cc(Cl)ccc2F)cc1)CC1(C(=O)O)CCN(C(=O)O)C1. The first kappa shape index (κ1) is 21.1. The number of likely N-dealkylation sites (tertiary alicyclic amines) is 1. The summed E-state index contributed by atoms with van der Waals surface area (Å²) in [5.41, 5.74) is 7.02. The molecule has 0 saturated carbocycles. The van der Waals surface area contributed by atoms with E-state index in [2.05, 4.69) is 0 Å². The van der Waals surface area contributed by atoms with Gasteiger partial charge in [0.2, 0.25) is 0 Å². The van der Waals surface area contributed by atoms with E-state index < -0.39 is 23.5 Å². The predicted octanol–water partition coefficient (Wildman–Crippen LogP) is 3.86. The molecule has 0 spiro atoms. The molecule has 1 aliphatic rings. The lowest BCUT2D eigenvalue weighted by atomic mass is 9.79. The van der Waals surface area contributed by atoms with Gasteiger partial charge in [0.05, 0.1) is 5.41 Å². The smallest absolute Gasteiger partial charge is 0.407 e. The fourth-order valence-electron chi connectivity index (χ4n) is 3.88. The van der Waals surface area contributed by atoms with Crippen LogP contribution in [0.1, 0.15) is 18.4 Å². The Kier molecular flexibility index (Phi) is 6.10. The third-order valence-electron chi connectivity index (χ3n) is 5.42. The van der Waals surface area contributed by atoms with Gasteiger partial charge in [0.1, 0.15) is 5.82 Å². The van der Waals surface area contributed by atoms with Gasteiger partial charge in [-0.05, 0) is 48.6 Å². The lowest BCUT2D eigenvalue weighted by molar-refractivity contribution is -0.148. The van der Waals surface area contributed by atoms with E-state index in [0.717, 1.165) is 10.5 Å². The van der Waals surface area contributed by atoms with Gasteiger partial charge in [0.15, 0.2) is 0 Å². The zero-order chi connectivity index (χ0) is 21.2. The largest absolute Gasteiger partial charge is 0.481 e. The zero-order valence-corrected chi connectivity index (χ0v) is 16.4. The molecule has 4 N–H and O–H groups in total. The van der Waals surface area contributed by atoms with Gasteiger partial charge in [-0.1, -0.05) is 35.9 Å². The van der Waals surface area contributed by atoms with E-state index in [1.807, 2.05) is 12.1 Å². The first-order valence-corrected chi connectivity index (χ1v) is 9.59. The lowest BCUT2D eigenvalue weighted by Crippen LogP contribution is -2.41. The molecule has 1 amide bonds. The summed E-state index contributed by atoms with van der Waals surface area (Å²) in [4.78, 5) is 24.1. The highest BCUT2D eigenvalue weighted by molar-refractivity contribution is 6.30. The van der Waals surface area contributed by atoms with Gasteiger partial charge < -0.3 is 20.8 Å². The topological polar surface area (TPSA) is 104 Å². The maximum absolute atomic E-state index is 14.0. The number of halogens is 2. The normalized spacial score (nSPS) is 19.9. The van der Waals surface area contributed by atoms with E-state index in [0.29, 0.717) is 22.6 Å². The first-order chi connectivity index (χ1) is 13.7. The molecular weight excluding hydrogens is 399 g/mol. The third kappa shape index (κ3) is 4.68. The Balaban J connectivity index is 1.69. The molecule has 8 heteroatoms. The second-order valence-electron chi connectivity index (χ2n) is 7.53. The van der Waals surface area contributed by atoms with Crippen molar-refractivity contribution in [2.75, 3.05) is 13.1 Å². The molecule has 1 fully saturated rings. The Bertz CT molecular complexity index is 921. The number of carboxylic acids is 1. The number of nitrogens with zero attached hydrogens (tertiary/aromatic N) is 1. The Hall–Kier alpha value is -2.64. The van der Waals surface area contributed by atoms with E-state index >= 15 is 0 Å². The van der Waals surface area contributed by atoms with Crippen LogP contribution in [-0.4, -0.2) is 46.3 Å². The molecule has 154 valence electrons. The monoisotopic (exact) mass is 420 g/mol. The average Bonchev–Trinajstić information content (AvgIpc) is 3.10. The molecule has 2 aromatic rings. The van der Waals surface area contributed by atoms with Crippen molar-refractivity contribution in [3.05, 3.63) is 58.9 Å². The van der Waals surface area contributed by atoms with Crippen LogP contribution in [0.3, 0.4) is 0 Å². The minimum absolute atomic E-state index is 0.0572. The van der Waals surface area contributed by atoms with Crippen LogP contribution in [0.5, 0.6) is 0 Å². The van der Waals surface area contributed by atoms with Crippen molar-refractivity contribution in [1.82, 2.24) is 4.90 Å². The molecule has 2 unspecified atom stereocenters. The number of hydrogen-bond donors (Lipinski definition) is 3. The first-order valence-electron chi connectivity index (χ1n) is 9.21. The molecule has 3 rings (SSSR count). The van der Waals surface area contributed by atoms with Gasteiger partial charge in [0, 0.05) is 29.7 Å². The van der Waals surface area contributed by atoms with Crippen LogP contribution in [0.25, 0.3) is 11.1 Å². The lowest BCUT2D eigenvalue weighted by Gasteiger charge is -2.27. The maximum Gasteiger partial charge on any atom is 0.407 e. The molecule has 0 aliphatic carbocycles. The van der Waals surface area contributed by atoms with Crippen molar-refractivity contribution in [2.24, 2.45) is 11.1 Å². The van der Waals surface area contributed by atoms with Gasteiger partial charge in [-0.15, -0.1) is 0 Å². The van der Waals surface area contributed by atoms with Crippen molar-refractivity contribution in [3.8, 4) is 11.1 Å². The predicted molar refractivity (Wildman–Crippen MR) is 107 cm³/mol. The molecule has 2 atom stereocenters. The van der Waals surface area contributed by atoms with Crippen molar-refractivity contribution in [1.29, 1.82) is 0 Å². The van der Waals surface area contributed by atoms with Gasteiger partial charge >= 0.3 is 12.1 Å². The Morgan fingerprint density at radius 1 is 1.21 bits per heavy atom. The summed E-state index contributed by atoms with van der Waals surface area (Å²) < 4.78 is 14.0. The molecular formula is C21H22ClFN2O4. The number of nitrogens with two attached hydrogens (primary N) is 1. The van der Waals surface area contributed by atoms with Crippen LogP contribution < -0.4 is 5.73 Å². The highest BCUT2D eigenvalue weighted by atomic mass is 35.5. The quantitative estimate of drug-likeness (QED) is 0.658. The number of hydrogen-bond acceptors (Lipinski definition) is 3. The zero-order valence-electron chi connectivity index (χ0n) is 15.6. The van der Waals surface area contributed by atoms with Crippen LogP contribution in [0.15, 0.2) is 42.5 Å². The van der Waals surface area contributed by atoms with Crippen molar-refractivity contribution in [2.45, 2.75) is 25.3 Å². The summed E-state index contributed by atoms with van der Waals surface area (Å²) in [6, 6.07) is 11.1. The highest BCUT2D eigenvalue weighted by Crippen LogP contribution is 2.36. The molecule has 0 aromatic heterocycles. The van der Waals surface area contributed by atoms with Crippen LogP contribution >= 0.6 is 11.6 Å². The fourth-order valence-corrected chi connectivity index (χ4v) is 4.05. The minimum atomic E-state index is -1.17. The number of benzene rings is 2. The van der Waals surface area contributed by atoms with Crippen molar-refractivity contribution >= 4 is 23.7 Å². The van der Waals surface area contributed by atoms with Crippen LogP contribution in [-0.2, 0) is 11.2 Å². The Morgan fingerprint density at radius 3 is 2.48 bits per heavy atom. The molecule has 1 saturated heterocycles. The Labute approximate surface area is 172 Å². The van der Waals surface area contributed by atoms with Crippen molar-refractivity contribution < 1.29 is 24.2 Å². The van der Waals surface area contributed by atoms with E-state index in [1.54, 1.807) is 18.2 Å². The number of aliphatic carboxylic acids is 1. The van der Waals surface area contributed by atoms with Gasteiger partial charge in [-0.3, -0.25) is 4.79 Å². The molecule has 6 nitrogen and oxygen atoms in total. The van der Waals surface area contributed by atoms with Crippen molar-refractivity contribution in [3.63, 3.8) is 0 Å². The van der Waals surface area contributed by atoms with E-state index in [1.165, 1.54) is 12.1 Å². The fraction of sp³-hybridized carbons (Fsp3) is 0.333. The third-order valence-corrected chi connectivity index (χ3v) is 5.66. The van der Waals surface area contributed by atoms with E-state index in [-0.39, 0.29) is 31.7 Å². The second-order valence-corrected chi connectivity index (χ2v) is 7.97. The number of amides is 1. The average molecular weight is 421 g/mol. The summed E-state index contributed by atoms with van der Waals surface area (Å²) in [5, 5.41) is 19.2. The summed E-state index contributed by atoms with van der Waals surface area (Å²) in [6.07, 6.45) is -0.266. The van der Waals surface area contributed by atoms with Crippen LogP contribution in [0, 0.1) is 11.2 Å².